The van der Waals surface area contributed by atoms with Crippen LogP contribution in [0.3, 0.4) is 0 Å². The predicted octanol–water partition coefficient (Wildman–Crippen LogP) is 7.44. The quantitative estimate of drug-likeness (QED) is 0.299. The molecule has 2 atom stereocenters. The number of halogens is 2. The number of benzene rings is 2. The molecular weight excluding hydrogens is 473 g/mol. The van der Waals surface area contributed by atoms with Crippen LogP contribution in [0.15, 0.2) is 77.3 Å². The summed E-state index contributed by atoms with van der Waals surface area (Å²) in [4.78, 5) is 6.70. The fraction of sp³-hybridized carbons (Fsp3) is 0.154. The van der Waals surface area contributed by atoms with E-state index in [9.17, 15) is 0 Å². The second-order valence-electron chi connectivity index (χ2n) is 8.15. The molecule has 3 heterocycles. The summed E-state index contributed by atoms with van der Waals surface area (Å²) in [6, 6.07) is 21.3. The van der Waals surface area contributed by atoms with Crippen molar-refractivity contribution in [2.24, 2.45) is 0 Å². The third kappa shape index (κ3) is 4.12. The highest BCUT2D eigenvalue weighted by Gasteiger charge is 2.42. The van der Waals surface area contributed by atoms with E-state index in [1.807, 2.05) is 42.5 Å². The highest BCUT2D eigenvalue weighted by molar-refractivity contribution is 7.80. The molecule has 0 spiro atoms. The molecule has 0 unspecified atom stereocenters. The average Bonchev–Trinajstić information content (AvgIpc) is 3.40. The van der Waals surface area contributed by atoms with Gasteiger partial charge in [0, 0.05) is 17.4 Å². The van der Waals surface area contributed by atoms with E-state index in [4.69, 9.17) is 39.8 Å². The van der Waals surface area contributed by atoms with E-state index in [2.05, 4.69) is 47.2 Å². The van der Waals surface area contributed by atoms with Gasteiger partial charge < -0.3 is 14.6 Å². The second-order valence-corrected chi connectivity index (χ2v) is 9.32. The van der Waals surface area contributed by atoms with E-state index in [0.29, 0.717) is 20.9 Å². The molecule has 7 heteroatoms. The van der Waals surface area contributed by atoms with E-state index in [-0.39, 0.29) is 12.1 Å². The zero-order chi connectivity index (χ0) is 23.1. The fourth-order valence-electron chi connectivity index (χ4n) is 4.36. The molecule has 0 amide bonds. The lowest BCUT2D eigenvalue weighted by Gasteiger charge is -2.26. The summed E-state index contributed by atoms with van der Waals surface area (Å²) in [5, 5.41) is 5.04. The molecule has 1 N–H and O–H groups in total. The van der Waals surface area contributed by atoms with Crippen molar-refractivity contribution in [3.8, 4) is 11.3 Å². The first-order valence-electron chi connectivity index (χ1n) is 10.6. The molecule has 0 bridgehead atoms. The molecule has 166 valence electrons. The molecule has 2 aromatic heterocycles. The van der Waals surface area contributed by atoms with Crippen LogP contribution < -0.4 is 10.2 Å². The number of anilines is 1. The summed E-state index contributed by atoms with van der Waals surface area (Å²) in [5.74, 6) is 1.40. The van der Waals surface area contributed by atoms with Crippen LogP contribution in [-0.2, 0) is 0 Å². The van der Waals surface area contributed by atoms with Gasteiger partial charge in [0.1, 0.15) is 17.6 Å². The number of thiocarbonyl (C=S) groups is 1. The highest BCUT2D eigenvalue weighted by Crippen LogP contribution is 2.44. The van der Waals surface area contributed by atoms with Gasteiger partial charge in [-0.15, -0.1) is 0 Å². The van der Waals surface area contributed by atoms with Gasteiger partial charge in [0.15, 0.2) is 5.11 Å². The summed E-state index contributed by atoms with van der Waals surface area (Å²) in [6.07, 6.45) is 1.79. The number of hydrogen-bond acceptors (Lipinski definition) is 3. The van der Waals surface area contributed by atoms with E-state index in [1.165, 1.54) is 11.1 Å². The number of aromatic nitrogens is 1. The molecule has 1 saturated heterocycles. The molecule has 4 nitrogen and oxygen atoms in total. The molecule has 4 aromatic rings. The Morgan fingerprint density at radius 2 is 1.76 bits per heavy atom. The van der Waals surface area contributed by atoms with Crippen molar-refractivity contribution in [2.75, 3.05) is 4.90 Å². The predicted molar refractivity (Wildman–Crippen MR) is 138 cm³/mol. The van der Waals surface area contributed by atoms with Crippen molar-refractivity contribution in [3.05, 3.63) is 106 Å². The van der Waals surface area contributed by atoms with Crippen LogP contribution in [0, 0.1) is 13.8 Å². The van der Waals surface area contributed by atoms with Crippen LogP contribution in [0.25, 0.3) is 11.3 Å². The molecule has 33 heavy (non-hydrogen) atoms. The Balaban J connectivity index is 1.63. The SMILES string of the molecule is Cc1cc(C)cc(N2C(=S)N[C@H](c3ccccn3)[C@H]2c2ccc(-c3cccc(Cl)c3Cl)o2)c1. The van der Waals surface area contributed by atoms with Gasteiger partial charge in [0.25, 0.3) is 0 Å². The van der Waals surface area contributed by atoms with Gasteiger partial charge in [-0.05, 0) is 85.7 Å². The molecule has 0 aliphatic carbocycles. The van der Waals surface area contributed by atoms with Gasteiger partial charge >= 0.3 is 0 Å². The van der Waals surface area contributed by atoms with E-state index < -0.39 is 0 Å². The number of nitrogens with zero attached hydrogens (tertiary/aromatic N) is 2. The maximum atomic E-state index is 6.46. The first kappa shape index (κ1) is 22.0. The zero-order valence-electron chi connectivity index (χ0n) is 18.0. The summed E-state index contributed by atoms with van der Waals surface area (Å²) in [7, 11) is 0. The lowest BCUT2D eigenvalue weighted by atomic mass is 10.0. The van der Waals surface area contributed by atoms with Crippen molar-refractivity contribution in [1.82, 2.24) is 10.3 Å². The summed E-state index contributed by atoms with van der Waals surface area (Å²) >= 11 is 18.5. The molecule has 0 saturated carbocycles. The number of nitrogens with one attached hydrogen (secondary N) is 1. The van der Waals surface area contributed by atoms with Gasteiger partial charge in [0.05, 0.1) is 21.8 Å². The minimum Gasteiger partial charge on any atom is -0.459 e. The Morgan fingerprint density at radius 3 is 2.48 bits per heavy atom. The van der Waals surface area contributed by atoms with E-state index >= 15 is 0 Å². The van der Waals surface area contributed by atoms with Crippen LogP contribution in [-0.4, -0.2) is 10.1 Å². The van der Waals surface area contributed by atoms with Crippen LogP contribution in [0.2, 0.25) is 10.0 Å². The smallest absolute Gasteiger partial charge is 0.174 e. The zero-order valence-corrected chi connectivity index (χ0v) is 20.4. The minimum absolute atomic E-state index is 0.187. The third-order valence-electron chi connectivity index (χ3n) is 5.72. The van der Waals surface area contributed by atoms with Crippen LogP contribution in [0.1, 0.15) is 34.7 Å². The normalized spacial score (nSPS) is 17.9. The second kappa shape index (κ2) is 8.82. The van der Waals surface area contributed by atoms with Crippen molar-refractivity contribution in [3.63, 3.8) is 0 Å². The first-order valence-corrected chi connectivity index (χ1v) is 11.7. The van der Waals surface area contributed by atoms with Gasteiger partial charge in [0.2, 0.25) is 0 Å². The fourth-order valence-corrected chi connectivity index (χ4v) is 5.10. The number of aryl methyl sites for hydroxylation is 2. The van der Waals surface area contributed by atoms with Gasteiger partial charge in [-0.1, -0.05) is 41.4 Å². The Kier molecular flexibility index (Phi) is 5.87. The summed E-state index contributed by atoms with van der Waals surface area (Å²) < 4.78 is 6.39. The Labute approximate surface area is 208 Å². The molecule has 1 aliphatic rings. The standard InChI is InChI=1S/C26H21Cl2N3OS/c1-15-12-16(2)14-17(13-15)31-25(24(30-26(31)33)20-8-3-4-11-29-20)22-10-9-21(32-22)18-6-5-7-19(27)23(18)28/h3-14,24-25H,1-2H3,(H,30,33)/t24-,25-/m1/s1. The van der Waals surface area contributed by atoms with Crippen molar-refractivity contribution in [2.45, 2.75) is 25.9 Å². The minimum atomic E-state index is -0.236. The van der Waals surface area contributed by atoms with E-state index in [0.717, 1.165) is 22.7 Å². The first-order chi connectivity index (χ1) is 15.9. The molecular formula is C26H21Cl2N3OS. The number of pyridine rings is 1. The lowest BCUT2D eigenvalue weighted by molar-refractivity contribution is 0.439. The maximum Gasteiger partial charge on any atom is 0.174 e. The van der Waals surface area contributed by atoms with Crippen LogP contribution in [0.5, 0.6) is 0 Å². The van der Waals surface area contributed by atoms with Crippen LogP contribution in [0.4, 0.5) is 5.69 Å². The van der Waals surface area contributed by atoms with Gasteiger partial charge in [-0.25, -0.2) is 0 Å². The average molecular weight is 494 g/mol. The molecule has 1 aliphatic heterocycles. The number of hydrogen-bond donors (Lipinski definition) is 1. The molecule has 2 aromatic carbocycles. The monoisotopic (exact) mass is 493 g/mol. The highest BCUT2D eigenvalue weighted by atomic mass is 35.5. The van der Waals surface area contributed by atoms with Crippen LogP contribution >= 0.6 is 35.4 Å². The van der Waals surface area contributed by atoms with Gasteiger partial charge in [-0.2, -0.15) is 0 Å². The molecule has 5 rings (SSSR count). The Morgan fingerprint density at radius 1 is 0.970 bits per heavy atom. The topological polar surface area (TPSA) is 41.3 Å². The largest absolute Gasteiger partial charge is 0.459 e. The summed E-state index contributed by atoms with van der Waals surface area (Å²) in [5.41, 5.74) is 4.97. The lowest BCUT2D eigenvalue weighted by Crippen LogP contribution is -2.29. The number of furan rings is 1. The van der Waals surface area contributed by atoms with E-state index in [1.54, 1.807) is 12.3 Å². The van der Waals surface area contributed by atoms with Crippen molar-refractivity contribution < 1.29 is 4.42 Å². The number of rotatable bonds is 4. The maximum absolute atomic E-state index is 6.46. The van der Waals surface area contributed by atoms with Crippen molar-refractivity contribution in [1.29, 1.82) is 0 Å². The Hall–Kier alpha value is -2.86. The van der Waals surface area contributed by atoms with Crippen molar-refractivity contribution >= 4 is 46.2 Å². The summed E-state index contributed by atoms with van der Waals surface area (Å²) in [6.45, 7) is 4.17. The third-order valence-corrected chi connectivity index (χ3v) is 6.85. The molecule has 1 fully saturated rings. The molecule has 0 radical (unpaired) electrons. The Bertz CT molecular complexity index is 1320. The van der Waals surface area contributed by atoms with Gasteiger partial charge in [-0.3, -0.25) is 4.98 Å².